The van der Waals surface area contributed by atoms with Crippen LogP contribution in [-0.4, -0.2) is 32.4 Å². The lowest BCUT2D eigenvalue weighted by molar-refractivity contribution is -0.0124. The van der Waals surface area contributed by atoms with Crippen LogP contribution in [-0.2, 0) is 9.47 Å². The van der Waals surface area contributed by atoms with E-state index in [4.69, 9.17) is 9.47 Å². The van der Waals surface area contributed by atoms with Gasteiger partial charge in [-0.3, -0.25) is 0 Å². The molecule has 0 aromatic heterocycles. The van der Waals surface area contributed by atoms with Gasteiger partial charge in [0.05, 0.1) is 18.8 Å². The highest BCUT2D eigenvalue weighted by molar-refractivity contribution is 5.08. The van der Waals surface area contributed by atoms with Gasteiger partial charge >= 0.3 is 0 Å². The normalized spacial score (nSPS) is 29.1. The molecule has 2 aliphatic heterocycles. The summed E-state index contributed by atoms with van der Waals surface area (Å²) in [7, 11) is 1.99. The monoisotopic (exact) mass is 211 g/mol. The van der Waals surface area contributed by atoms with Gasteiger partial charge in [0.2, 0.25) is 0 Å². The third-order valence-electron chi connectivity index (χ3n) is 3.17. The highest BCUT2D eigenvalue weighted by Gasteiger charge is 2.28. The molecule has 2 rings (SSSR count). The summed E-state index contributed by atoms with van der Waals surface area (Å²) < 4.78 is 11.5. The summed E-state index contributed by atoms with van der Waals surface area (Å²) in [6.45, 7) is 1.76. The SMILES string of the molecule is CNC(C1=CCCCO1)C1CCCCO1. The molecule has 2 atom stereocenters. The number of nitrogens with one attached hydrogen (secondary N) is 1. The van der Waals surface area contributed by atoms with Gasteiger partial charge in [-0.25, -0.2) is 0 Å². The molecule has 1 saturated heterocycles. The van der Waals surface area contributed by atoms with Crippen LogP contribution in [0.3, 0.4) is 0 Å². The molecule has 0 aromatic rings. The maximum absolute atomic E-state index is 5.80. The van der Waals surface area contributed by atoms with Gasteiger partial charge in [-0.15, -0.1) is 0 Å². The molecule has 0 aliphatic carbocycles. The molecule has 1 N–H and O–H groups in total. The first-order valence-corrected chi connectivity index (χ1v) is 6.03. The fraction of sp³-hybridized carbons (Fsp3) is 0.833. The van der Waals surface area contributed by atoms with Gasteiger partial charge in [0, 0.05) is 6.61 Å². The zero-order valence-corrected chi connectivity index (χ0v) is 9.50. The lowest BCUT2D eigenvalue weighted by Gasteiger charge is -2.32. The zero-order chi connectivity index (χ0) is 10.5. The quantitative estimate of drug-likeness (QED) is 0.772. The molecular weight excluding hydrogens is 190 g/mol. The molecule has 2 aliphatic rings. The smallest absolute Gasteiger partial charge is 0.112 e. The van der Waals surface area contributed by atoms with Crippen molar-refractivity contribution in [3.8, 4) is 0 Å². The molecule has 3 nitrogen and oxygen atoms in total. The van der Waals surface area contributed by atoms with E-state index in [1.807, 2.05) is 7.05 Å². The lowest BCUT2D eigenvalue weighted by Crippen LogP contribution is -2.43. The summed E-state index contributed by atoms with van der Waals surface area (Å²) in [5.41, 5.74) is 0. The average Bonchev–Trinajstić information content (AvgIpc) is 2.33. The Kier molecular flexibility index (Phi) is 4.03. The summed E-state index contributed by atoms with van der Waals surface area (Å²) >= 11 is 0. The van der Waals surface area contributed by atoms with Crippen LogP contribution in [0.4, 0.5) is 0 Å². The van der Waals surface area contributed by atoms with Crippen molar-refractivity contribution >= 4 is 0 Å². The van der Waals surface area contributed by atoms with Crippen LogP contribution >= 0.6 is 0 Å². The fourth-order valence-electron chi connectivity index (χ4n) is 2.33. The molecule has 0 aromatic carbocycles. The van der Waals surface area contributed by atoms with Crippen molar-refractivity contribution in [3.05, 3.63) is 11.8 Å². The highest BCUT2D eigenvalue weighted by atomic mass is 16.5. The molecule has 2 heterocycles. The second-order valence-corrected chi connectivity index (χ2v) is 4.27. The summed E-state index contributed by atoms with van der Waals surface area (Å²) in [5, 5.41) is 3.32. The molecule has 86 valence electrons. The Morgan fingerprint density at radius 1 is 1.33 bits per heavy atom. The molecule has 0 radical (unpaired) electrons. The third-order valence-corrected chi connectivity index (χ3v) is 3.17. The second-order valence-electron chi connectivity index (χ2n) is 4.27. The van der Waals surface area contributed by atoms with Crippen LogP contribution in [0.15, 0.2) is 11.8 Å². The summed E-state index contributed by atoms with van der Waals surface area (Å²) in [5.74, 6) is 1.09. The number of likely N-dealkylation sites (N-methyl/N-ethyl adjacent to an activating group) is 1. The minimum absolute atomic E-state index is 0.255. The van der Waals surface area contributed by atoms with Gasteiger partial charge in [-0.1, -0.05) is 0 Å². The van der Waals surface area contributed by atoms with Crippen LogP contribution in [0.2, 0.25) is 0 Å². The maximum atomic E-state index is 5.80. The van der Waals surface area contributed by atoms with E-state index in [2.05, 4.69) is 11.4 Å². The van der Waals surface area contributed by atoms with Crippen molar-refractivity contribution in [1.82, 2.24) is 5.32 Å². The van der Waals surface area contributed by atoms with E-state index in [1.165, 1.54) is 12.8 Å². The van der Waals surface area contributed by atoms with Crippen LogP contribution < -0.4 is 5.32 Å². The Hall–Kier alpha value is -0.540. The van der Waals surface area contributed by atoms with Crippen LogP contribution in [0.5, 0.6) is 0 Å². The Balaban J connectivity index is 1.98. The minimum atomic E-state index is 0.255. The first-order chi connectivity index (χ1) is 7.42. The van der Waals surface area contributed by atoms with E-state index in [0.29, 0.717) is 6.10 Å². The molecule has 3 heteroatoms. The van der Waals surface area contributed by atoms with E-state index >= 15 is 0 Å². The minimum Gasteiger partial charge on any atom is -0.496 e. The van der Waals surface area contributed by atoms with Crippen molar-refractivity contribution < 1.29 is 9.47 Å². The van der Waals surface area contributed by atoms with Crippen molar-refractivity contribution in [2.45, 2.75) is 44.2 Å². The predicted molar refractivity (Wildman–Crippen MR) is 59.7 cm³/mol. The molecule has 0 amide bonds. The number of rotatable bonds is 3. The average molecular weight is 211 g/mol. The topological polar surface area (TPSA) is 30.5 Å². The lowest BCUT2D eigenvalue weighted by atomic mass is 9.99. The molecule has 1 fully saturated rings. The first-order valence-electron chi connectivity index (χ1n) is 6.03. The van der Waals surface area contributed by atoms with Gasteiger partial charge in [-0.2, -0.15) is 0 Å². The van der Waals surface area contributed by atoms with Crippen molar-refractivity contribution in [2.75, 3.05) is 20.3 Å². The van der Waals surface area contributed by atoms with E-state index in [9.17, 15) is 0 Å². The van der Waals surface area contributed by atoms with Crippen molar-refractivity contribution in [1.29, 1.82) is 0 Å². The summed E-state index contributed by atoms with van der Waals surface area (Å²) in [6.07, 6.45) is 8.41. The molecule has 0 saturated carbocycles. The summed E-state index contributed by atoms with van der Waals surface area (Å²) in [6, 6.07) is 0.255. The van der Waals surface area contributed by atoms with Gasteiger partial charge < -0.3 is 14.8 Å². The molecule has 0 bridgehead atoms. The first kappa shape index (κ1) is 11.0. The van der Waals surface area contributed by atoms with Crippen LogP contribution in [0.1, 0.15) is 32.1 Å². The van der Waals surface area contributed by atoms with Crippen molar-refractivity contribution in [2.24, 2.45) is 0 Å². The number of hydrogen-bond donors (Lipinski definition) is 1. The van der Waals surface area contributed by atoms with E-state index < -0.39 is 0 Å². The molecular formula is C12H21NO2. The standard InChI is InChI=1S/C12H21NO2/c1-13-12(10-6-2-4-8-14-10)11-7-3-5-9-15-11/h6,11-13H,2-5,7-9H2,1H3. The third kappa shape index (κ3) is 2.73. The van der Waals surface area contributed by atoms with E-state index in [-0.39, 0.29) is 6.04 Å². The van der Waals surface area contributed by atoms with Gasteiger partial charge in [0.15, 0.2) is 0 Å². The van der Waals surface area contributed by atoms with E-state index in [1.54, 1.807) is 0 Å². The Labute approximate surface area is 91.8 Å². The maximum Gasteiger partial charge on any atom is 0.112 e. The van der Waals surface area contributed by atoms with Crippen molar-refractivity contribution in [3.63, 3.8) is 0 Å². The number of hydrogen-bond acceptors (Lipinski definition) is 3. The largest absolute Gasteiger partial charge is 0.496 e. The van der Waals surface area contributed by atoms with Gasteiger partial charge in [0.25, 0.3) is 0 Å². The number of allylic oxidation sites excluding steroid dienone is 1. The van der Waals surface area contributed by atoms with Gasteiger partial charge in [-0.05, 0) is 45.2 Å². The van der Waals surface area contributed by atoms with Crippen LogP contribution in [0, 0.1) is 0 Å². The fourth-order valence-corrected chi connectivity index (χ4v) is 2.33. The van der Waals surface area contributed by atoms with Gasteiger partial charge in [0.1, 0.15) is 5.76 Å². The Morgan fingerprint density at radius 3 is 2.87 bits per heavy atom. The Morgan fingerprint density at radius 2 is 2.27 bits per heavy atom. The number of ether oxygens (including phenoxy) is 2. The van der Waals surface area contributed by atoms with Crippen LogP contribution in [0.25, 0.3) is 0 Å². The predicted octanol–water partition coefficient (Wildman–Crippen LogP) is 1.84. The second kappa shape index (κ2) is 5.52. The Bertz CT molecular complexity index is 222. The molecule has 15 heavy (non-hydrogen) atoms. The van der Waals surface area contributed by atoms with E-state index in [0.717, 1.165) is 38.2 Å². The summed E-state index contributed by atoms with van der Waals surface area (Å²) in [4.78, 5) is 0. The molecule has 2 unspecified atom stereocenters. The molecule has 0 spiro atoms. The zero-order valence-electron chi connectivity index (χ0n) is 9.50. The highest BCUT2D eigenvalue weighted by Crippen LogP contribution is 2.23.